The van der Waals surface area contributed by atoms with E-state index in [0.29, 0.717) is 11.4 Å². The number of nitrogens with two attached hydrogens (primary N) is 1. The van der Waals surface area contributed by atoms with Crippen molar-refractivity contribution in [2.75, 3.05) is 0 Å². The SMILES string of the molecule is Cc1nn(C)c(C)c1OS(N)(=O)=O. The third-order valence-electron chi connectivity index (χ3n) is 1.64. The Balaban J connectivity index is 3.15. The highest BCUT2D eigenvalue weighted by molar-refractivity contribution is 7.84. The lowest BCUT2D eigenvalue weighted by molar-refractivity contribution is 0.483. The van der Waals surface area contributed by atoms with Crippen molar-refractivity contribution >= 4 is 10.3 Å². The minimum Gasteiger partial charge on any atom is -0.367 e. The van der Waals surface area contributed by atoms with Crippen LogP contribution in [0.1, 0.15) is 11.4 Å². The Labute approximate surface area is 76.6 Å². The molecule has 0 radical (unpaired) electrons. The average molecular weight is 205 g/mol. The molecule has 0 aliphatic carbocycles. The lowest BCUT2D eigenvalue weighted by Crippen LogP contribution is -2.19. The van der Waals surface area contributed by atoms with Gasteiger partial charge >= 0.3 is 10.3 Å². The second-order valence-electron chi connectivity index (χ2n) is 2.70. The molecule has 0 saturated heterocycles. The number of aryl methyl sites for hydroxylation is 2. The van der Waals surface area contributed by atoms with Gasteiger partial charge in [0.05, 0.1) is 5.69 Å². The van der Waals surface area contributed by atoms with E-state index in [9.17, 15) is 8.42 Å². The van der Waals surface area contributed by atoms with E-state index in [1.54, 1.807) is 20.9 Å². The zero-order valence-corrected chi connectivity index (χ0v) is 8.42. The van der Waals surface area contributed by atoms with Crippen molar-refractivity contribution in [3.63, 3.8) is 0 Å². The molecule has 1 aromatic heterocycles. The van der Waals surface area contributed by atoms with Crippen LogP contribution in [0.2, 0.25) is 0 Å². The van der Waals surface area contributed by atoms with Gasteiger partial charge in [0.25, 0.3) is 0 Å². The minimum atomic E-state index is -3.96. The first-order valence-electron chi connectivity index (χ1n) is 3.53. The molecule has 0 aliphatic heterocycles. The zero-order valence-electron chi connectivity index (χ0n) is 7.60. The van der Waals surface area contributed by atoms with E-state index in [-0.39, 0.29) is 5.75 Å². The fourth-order valence-corrected chi connectivity index (χ4v) is 1.46. The number of nitrogens with zero attached hydrogens (tertiary/aromatic N) is 2. The van der Waals surface area contributed by atoms with Gasteiger partial charge in [-0.3, -0.25) is 4.68 Å². The van der Waals surface area contributed by atoms with Gasteiger partial charge in [-0.05, 0) is 13.8 Å². The Morgan fingerprint density at radius 2 is 2.00 bits per heavy atom. The molecular formula is C6H11N3O3S. The van der Waals surface area contributed by atoms with Crippen LogP contribution in [0, 0.1) is 13.8 Å². The van der Waals surface area contributed by atoms with Gasteiger partial charge in [0.2, 0.25) is 0 Å². The van der Waals surface area contributed by atoms with Gasteiger partial charge in [-0.1, -0.05) is 0 Å². The summed E-state index contributed by atoms with van der Waals surface area (Å²) in [6, 6.07) is 0. The van der Waals surface area contributed by atoms with Crippen molar-refractivity contribution < 1.29 is 12.6 Å². The smallest absolute Gasteiger partial charge is 0.367 e. The molecule has 0 bridgehead atoms. The van der Waals surface area contributed by atoms with Crippen molar-refractivity contribution in [2.24, 2.45) is 12.2 Å². The van der Waals surface area contributed by atoms with Crippen LogP contribution in [0.3, 0.4) is 0 Å². The van der Waals surface area contributed by atoms with E-state index >= 15 is 0 Å². The maximum atomic E-state index is 10.6. The maximum absolute atomic E-state index is 10.6. The Hall–Kier alpha value is -1.08. The van der Waals surface area contributed by atoms with E-state index in [4.69, 9.17) is 5.14 Å². The molecule has 1 rings (SSSR count). The molecule has 2 N–H and O–H groups in total. The van der Waals surface area contributed by atoms with Crippen LogP contribution in [0.4, 0.5) is 0 Å². The van der Waals surface area contributed by atoms with Gasteiger partial charge < -0.3 is 4.18 Å². The second kappa shape index (κ2) is 3.00. The first-order valence-corrected chi connectivity index (χ1v) is 5.01. The Morgan fingerprint density at radius 1 is 1.46 bits per heavy atom. The molecule has 0 fully saturated rings. The normalized spacial score (nSPS) is 11.7. The summed E-state index contributed by atoms with van der Waals surface area (Å²) in [4.78, 5) is 0. The Morgan fingerprint density at radius 3 is 2.31 bits per heavy atom. The van der Waals surface area contributed by atoms with Gasteiger partial charge in [-0.25, -0.2) is 0 Å². The van der Waals surface area contributed by atoms with Crippen LogP contribution in [-0.2, 0) is 17.4 Å². The van der Waals surface area contributed by atoms with Crippen LogP contribution in [0.5, 0.6) is 5.75 Å². The summed E-state index contributed by atoms with van der Waals surface area (Å²) in [5.41, 5.74) is 1.11. The van der Waals surface area contributed by atoms with Crippen LogP contribution < -0.4 is 9.32 Å². The standard InChI is InChI=1S/C6H11N3O3S/c1-4-6(12-13(7,10)11)5(2)9(3)8-4/h1-3H3,(H2,7,10,11). The molecule has 0 spiro atoms. The molecule has 1 heterocycles. The summed E-state index contributed by atoms with van der Waals surface area (Å²) in [6.45, 7) is 3.34. The maximum Gasteiger partial charge on any atom is 0.380 e. The van der Waals surface area contributed by atoms with E-state index in [2.05, 4.69) is 9.28 Å². The number of rotatable bonds is 2. The molecule has 74 valence electrons. The quantitative estimate of drug-likeness (QED) is 0.712. The summed E-state index contributed by atoms with van der Waals surface area (Å²) in [5.74, 6) is 0.199. The highest BCUT2D eigenvalue weighted by Gasteiger charge is 2.15. The largest absolute Gasteiger partial charge is 0.380 e. The molecule has 6 nitrogen and oxygen atoms in total. The van der Waals surface area contributed by atoms with Crippen molar-refractivity contribution in [1.29, 1.82) is 0 Å². The Bertz CT molecular complexity index is 421. The average Bonchev–Trinajstić information content (AvgIpc) is 2.14. The first kappa shape index (κ1) is 10.0. The third-order valence-corrected chi connectivity index (χ3v) is 2.04. The molecule has 13 heavy (non-hydrogen) atoms. The van der Waals surface area contributed by atoms with E-state index in [0.717, 1.165) is 0 Å². The van der Waals surface area contributed by atoms with Gasteiger partial charge in [-0.15, -0.1) is 0 Å². The lowest BCUT2D eigenvalue weighted by atomic mass is 10.3. The summed E-state index contributed by atoms with van der Waals surface area (Å²) in [6.07, 6.45) is 0. The minimum absolute atomic E-state index is 0.199. The summed E-state index contributed by atoms with van der Waals surface area (Å²) >= 11 is 0. The lowest BCUT2D eigenvalue weighted by Gasteiger charge is -2.01. The molecule has 0 unspecified atom stereocenters. The van der Waals surface area contributed by atoms with E-state index in [1.165, 1.54) is 4.68 Å². The van der Waals surface area contributed by atoms with Crippen LogP contribution in [-0.4, -0.2) is 18.2 Å². The zero-order chi connectivity index (χ0) is 10.2. The van der Waals surface area contributed by atoms with E-state index in [1.807, 2.05) is 0 Å². The molecule has 0 aliphatic rings. The highest BCUT2D eigenvalue weighted by Crippen LogP contribution is 2.21. The summed E-state index contributed by atoms with van der Waals surface area (Å²) in [7, 11) is -2.27. The van der Waals surface area contributed by atoms with Crippen molar-refractivity contribution in [1.82, 2.24) is 9.78 Å². The highest BCUT2D eigenvalue weighted by atomic mass is 32.2. The van der Waals surface area contributed by atoms with Crippen LogP contribution in [0.15, 0.2) is 0 Å². The third kappa shape index (κ3) is 2.19. The van der Waals surface area contributed by atoms with Gasteiger partial charge in [0.15, 0.2) is 5.75 Å². The second-order valence-corrected chi connectivity index (χ2v) is 3.85. The molecule has 0 atom stereocenters. The first-order chi connectivity index (χ1) is 5.81. The van der Waals surface area contributed by atoms with Gasteiger partial charge in [0.1, 0.15) is 5.69 Å². The molecule has 0 saturated carbocycles. The number of hydrogen-bond acceptors (Lipinski definition) is 4. The summed E-state index contributed by atoms with van der Waals surface area (Å²) < 4.78 is 27.3. The Kier molecular flexibility index (Phi) is 2.31. The monoisotopic (exact) mass is 205 g/mol. The molecular weight excluding hydrogens is 194 g/mol. The number of aromatic nitrogens is 2. The fourth-order valence-electron chi connectivity index (χ4n) is 0.991. The number of hydrogen-bond donors (Lipinski definition) is 1. The predicted octanol–water partition coefficient (Wildman–Crippen LogP) is -0.381. The fraction of sp³-hybridized carbons (Fsp3) is 0.500. The summed E-state index contributed by atoms with van der Waals surface area (Å²) in [5, 5.41) is 8.69. The molecule has 0 amide bonds. The van der Waals surface area contributed by atoms with Crippen LogP contribution in [0.25, 0.3) is 0 Å². The predicted molar refractivity (Wildman–Crippen MR) is 46.4 cm³/mol. The molecule has 0 aromatic carbocycles. The van der Waals surface area contributed by atoms with E-state index < -0.39 is 10.3 Å². The van der Waals surface area contributed by atoms with Gasteiger partial charge in [0, 0.05) is 7.05 Å². The van der Waals surface area contributed by atoms with Crippen molar-refractivity contribution in [3.05, 3.63) is 11.4 Å². The van der Waals surface area contributed by atoms with Crippen molar-refractivity contribution in [2.45, 2.75) is 13.8 Å². The van der Waals surface area contributed by atoms with Crippen molar-refractivity contribution in [3.8, 4) is 5.75 Å². The topological polar surface area (TPSA) is 87.2 Å². The molecule has 1 aromatic rings. The van der Waals surface area contributed by atoms with Gasteiger partial charge in [-0.2, -0.15) is 18.7 Å². The van der Waals surface area contributed by atoms with Crippen LogP contribution >= 0.6 is 0 Å². The molecule has 7 heteroatoms.